The Bertz CT molecular complexity index is 1300. The highest BCUT2D eigenvalue weighted by Gasteiger charge is 2.25. The maximum absolute atomic E-state index is 12.2. The minimum atomic E-state index is -0.636. The van der Waals surface area contributed by atoms with Gasteiger partial charge in [-0.05, 0) is 24.6 Å². The van der Waals surface area contributed by atoms with Crippen molar-refractivity contribution in [1.82, 2.24) is 4.98 Å². The van der Waals surface area contributed by atoms with Gasteiger partial charge in [-0.2, -0.15) is 5.26 Å². The van der Waals surface area contributed by atoms with Gasteiger partial charge < -0.3 is 14.8 Å². The Labute approximate surface area is 195 Å². The molecule has 0 bridgehead atoms. The fraction of sp³-hybridized carbons (Fsp3) is 0.143. The number of hydrogen-bond donors (Lipinski definition) is 1. The summed E-state index contributed by atoms with van der Waals surface area (Å²) in [5, 5.41) is 25.8. The van der Waals surface area contributed by atoms with Crippen molar-refractivity contribution in [2.24, 2.45) is 0 Å². The van der Waals surface area contributed by atoms with Crippen LogP contribution in [0.5, 0.6) is 0 Å². The van der Waals surface area contributed by atoms with Gasteiger partial charge in [0.15, 0.2) is 0 Å². The van der Waals surface area contributed by atoms with Crippen LogP contribution in [0.2, 0.25) is 0 Å². The number of anilines is 1. The predicted molar refractivity (Wildman–Crippen MR) is 123 cm³/mol. The smallest absolute Gasteiger partial charge is 0.348 e. The zero-order chi connectivity index (χ0) is 24.1. The van der Waals surface area contributed by atoms with E-state index >= 15 is 0 Å². The number of nitro benzene ring substituents is 1. The van der Waals surface area contributed by atoms with Crippen molar-refractivity contribution in [2.75, 3.05) is 19.5 Å². The summed E-state index contributed by atoms with van der Waals surface area (Å²) < 4.78 is 9.57. The second-order valence-electron chi connectivity index (χ2n) is 6.40. The molecule has 0 saturated carbocycles. The number of nitriles is 1. The number of carbonyl (C=O) groups is 2. The lowest BCUT2D eigenvalue weighted by Gasteiger charge is -2.03. The number of rotatable bonds is 7. The number of thiophene rings is 1. The molecule has 2 heterocycles. The second-order valence-corrected chi connectivity index (χ2v) is 8.28. The Kier molecular flexibility index (Phi) is 7.17. The van der Waals surface area contributed by atoms with Crippen LogP contribution < -0.4 is 5.32 Å². The molecule has 0 saturated heterocycles. The number of thiazole rings is 1. The number of benzene rings is 1. The van der Waals surface area contributed by atoms with E-state index in [2.05, 4.69) is 10.3 Å². The van der Waals surface area contributed by atoms with Gasteiger partial charge in [-0.25, -0.2) is 14.6 Å². The van der Waals surface area contributed by atoms with Crippen LogP contribution in [0.3, 0.4) is 0 Å². The maximum atomic E-state index is 12.2. The van der Waals surface area contributed by atoms with E-state index < -0.39 is 16.9 Å². The summed E-state index contributed by atoms with van der Waals surface area (Å²) >= 11 is 2.22. The first-order chi connectivity index (χ1) is 15.8. The topological polar surface area (TPSA) is 144 Å². The zero-order valence-corrected chi connectivity index (χ0v) is 19.2. The molecule has 2 aromatic heterocycles. The minimum Gasteiger partial charge on any atom is -0.465 e. The van der Waals surface area contributed by atoms with Gasteiger partial charge in [0.05, 0.1) is 30.4 Å². The summed E-state index contributed by atoms with van der Waals surface area (Å²) in [7, 11) is 2.47. The number of hydrogen-bond acceptors (Lipinski definition) is 11. The molecule has 0 aliphatic carbocycles. The van der Waals surface area contributed by atoms with E-state index in [1.54, 1.807) is 24.4 Å². The van der Waals surface area contributed by atoms with Crippen LogP contribution >= 0.6 is 22.7 Å². The number of aromatic nitrogens is 1. The van der Waals surface area contributed by atoms with Crippen LogP contribution in [0.15, 0.2) is 35.8 Å². The highest BCUT2D eigenvalue weighted by Crippen LogP contribution is 2.35. The Morgan fingerprint density at radius 2 is 1.88 bits per heavy atom. The maximum Gasteiger partial charge on any atom is 0.348 e. The van der Waals surface area contributed by atoms with Crippen LogP contribution in [0, 0.1) is 28.4 Å². The first-order valence-corrected chi connectivity index (χ1v) is 10.9. The first kappa shape index (κ1) is 23.6. The van der Waals surface area contributed by atoms with Crippen molar-refractivity contribution in [3.63, 3.8) is 0 Å². The normalized spacial score (nSPS) is 10.9. The van der Waals surface area contributed by atoms with E-state index in [9.17, 15) is 25.0 Å². The lowest BCUT2D eigenvalue weighted by Crippen LogP contribution is -2.06. The zero-order valence-electron chi connectivity index (χ0n) is 17.6. The fourth-order valence-electron chi connectivity index (χ4n) is 2.81. The van der Waals surface area contributed by atoms with Crippen molar-refractivity contribution in [1.29, 1.82) is 5.26 Å². The number of methoxy groups -OCH3 is 2. The molecule has 0 aliphatic heterocycles. The van der Waals surface area contributed by atoms with E-state index in [1.165, 1.54) is 43.9 Å². The number of nitro groups is 1. The molecule has 168 valence electrons. The molecule has 12 heteroatoms. The van der Waals surface area contributed by atoms with Gasteiger partial charge in [0.1, 0.15) is 26.5 Å². The molecule has 0 radical (unpaired) electrons. The minimum absolute atomic E-state index is 0.0324. The molecule has 3 aromatic rings. The largest absolute Gasteiger partial charge is 0.465 e. The Morgan fingerprint density at radius 3 is 2.45 bits per heavy atom. The van der Waals surface area contributed by atoms with Crippen LogP contribution in [0.4, 0.5) is 10.7 Å². The number of allylic oxidation sites excluding steroid dienone is 1. The summed E-state index contributed by atoms with van der Waals surface area (Å²) in [6.45, 7) is 1.60. The number of ether oxygens (including phenoxy) is 2. The van der Waals surface area contributed by atoms with Gasteiger partial charge in [0, 0.05) is 29.3 Å². The van der Waals surface area contributed by atoms with Gasteiger partial charge in [-0.1, -0.05) is 0 Å². The van der Waals surface area contributed by atoms with Gasteiger partial charge in [-0.15, -0.1) is 22.7 Å². The van der Waals surface area contributed by atoms with Crippen molar-refractivity contribution in [3.05, 3.63) is 67.0 Å². The predicted octanol–water partition coefficient (Wildman–Crippen LogP) is 4.64. The quantitative estimate of drug-likeness (QED) is 0.219. The van der Waals surface area contributed by atoms with Crippen molar-refractivity contribution >= 4 is 50.9 Å². The fourth-order valence-corrected chi connectivity index (χ4v) is 4.69. The third kappa shape index (κ3) is 4.89. The third-order valence-electron chi connectivity index (χ3n) is 4.48. The third-order valence-corrected chi connectivity index (χ3v) is 6.56. The molecule has 0 spiro atoms. The van der Waals surface area contributed by atoms with Gasteiger partial charge >= 0.3 is 11.9 Å². The monoisotopic (exact) mass is 484 g/mol. The van der Waals surface area contributed by atoms with Crippen molar-refractivity contribution in [3.8, 4) is 17.3 Å². The Morgan fingerprint density at radius 1 is 1.21 bits per heavy atom. The molecule has 3 rings (SSSR count). The second kappa shape index (κ2) is 10.0. The standard InChI is InChI=1S/C21H16N4O6S2/c1-11-16(20(26)30-2)19(33-17(11)21(27)31-3)23-9-13(8-22)18-24-15(10-32-18)12-4-6-14(7-5-12)25(28)29/h4-7,9-10,23H,1-3H3. The molecule has 0 fully saturated rings. The van der Waals surface area contributed by atoms with Crippen LogP contribution in [0.1, 0.15) is 30.6 Å². The number of carbonyl (C=O) groups excluding carboxylic acids is 2. The molecule has 0 aliphatic rings. The van der Waals surface area contributed by atoms with E-state index in [4.69, 9.17) is 9.47 Å². The average Bonchev–Trinajstić information content (AvgIpc) is 3.43. The highest BCUT2D eigenvalue weighted by molar-refractivity contribution is 7.18. The summed E-state index contributed by atoms with van der Waals surface area (Å²) in [5.74, 6) is -1.23. The van der Waals surface area contributed by atoms with E-state index in [-0.39, 0.29) is 21.7 Å². The highest BCUT2D eigenvalue weighted by atomic mass is 32.1. The molecule has 1 N–H and O–H groups in total. The number of nitrogens with one attached hydrogen (secondary N) is 1. The van der Waals surface area contributed by atoms with Gasteiger partial charge in [0.25, 0.3) is 5.69 Å². The summed E-state index contributed by atoms with van der Waals surface area (Å²) in [6, 6.07) is 7.97. The van der Waals surface area contributed by atoms with Crippen LogP contribution in [-0.4, -0.2) is 36.1 Å². The summed E-state index contributed by atoms with van der Waals surface area (Å²) in [4.78, 5) is 39.3. The SMILES string of the molecule is COC(=O)c1sc(NC=C(C#N)c2nc(-c3ccc([N+](=O)[O-])cc3)cs2)c(C(=O)OC)c1C. The lowest BCUT2D eigenvalue weighted by molar-refractivity contribution is -0.384. The molecular weight excluding hydrogens is 468 g/mol. The van der Waals surface area contributed by atoms with E-state index in [0.29, 0.717) is 26.8 Å². The van der Waals surface area contributed by atoms with Crippen molar-refractivity contribution < 1.29 is 24.0 Å². The van der Waals surface area contributed by atoms with Crippen molar-refractivity contribution in [2.45, 2.75) is 6.92 Å². The molecule has 1 aromatic carbocycles. The van der Waals surface area contributed by atoms with Crippen LogP contribution in [-0.2, 0) is 9.47 Å². The van der Waals surface area contributed by atoms with Crippen LogP contribution in [0.25, 0.3) is 16.8 Å². The Balaban J connectivity index is 1.91. The van der Waals surface area contributed by atoms with Gasteiger partial charge in [-0.3, -0.25) is 10.1 Å². The summed E-state index contributed by atoms with van der Waals surface area (Å²) in [6.07, 6.45) is 1.39. The molecule has 10 nitrogen and oxygen atoms in total. The molecule has 0 unspecified atom stereocenters. The van der Waals surface area contributed by atoms with Gasteiger partial charge in [0.2, 0.25) is 0 Å². The molecule has 0 atom stereocenters. The van der Waals surface area contributed by atoms with E-state index in [0.717, 1.165) is 11.3 Å². The lowest BCUT2D eigenvalue weighted by atomic mass is 10.1. The number of esters is 2. The summed E-state index contributed by atoms with van der Waals surface area (Å²) in [5.41, 5.74) is 1.95. The number of nitrogens with zero attached hydrogens (tertiary/aromatic N) is 3. The molecular formula is C21H16N4O6S2. The molecule has 33 heavy (non-hydrogen) atoms. The first-order valence-electron chi connectivity index (χ1n) is 9.18. The average molecular weight is 485 g/mol. The molecule has 0 amide bonds. The van der Waals surface area contributed by atoms with E-state index in [1.807, 2.05) is 6.07 Å². The number of non-ortho nitro benzene ring substituents is 1. The Hall–Kier alpha value is -4.08.